The monoisotopic (exact) mass is 277 g/mol. The Bertz CT molecular complexity index is 497. The van der Waals surface area contributed by atoms with Gasteiger partial charge in [0.05, 0.1) is 6.61 Å². The summed E-state index contributed by atoms with van der Waals surface area (Å²) in [4.78, 5) is 0. The van der Waals surface area contributed by atoms with Crippen LogP contribution in [-0.2, 0) is 13.2 Å². The third-order valence-electron chi connectivity index (χ3n) is 2.71. The molecule has 1 aromatic carbocycles. The van der Waals surface area contributed by atoms with Gasteiger partial charge in [0.1, 0.15) is 18.1 Å². The van der Waals surface area contributed by atoms with Crippen LogP contribution in [0.4, 0.5) is 0 Å². The molecule has 2 N–H and O–H groups in total. The Kier molecular flexibility index (Phi) is 5.24. The second kappa shape index (κ2) is 7.16. The summed E-state index contributed by atoms with van der Waals surface area (Å²) in [6.45, 7) is 3.83. The molecule has 0 amide bonds. The van der Waals surface area contributed by atoms with Gasteiger partial charge in [-0.1, -0.05) is 13.0 Å². The van der Waals surface area contributed by atoms with E-state index >= 15 is 0 Å². The molecule has 1 aromatic heterocycles. The first kappa shape index (κ1) is 13.9. The van der Waals surface area contributed by atoms with Crippen molar-refractivity contribution < 1.29 is 9.47 Å². The molecule has 2 aromatic rings. The Morgan fingerprint density at radius 1 is 1.21 bits per heavy atom. The number of nitrogens with two attached hydrogens (primary N) is 1. The number of hydrogen-bond acceptors (Lipinski definition) is 4. The van der Waals surface area contributed by atoms with Crippen molar-refractivity contribution in [3.8, 4) is 11.5 Å². The van der Waals surface area contributed by atoms with Gasteiger partial charge < -0.3 is 15.2 Å². The van der Waals surface area contributed by atoms with Crippen molar-refractivity contribution in [3.63, 3.8) is 0 Å². The van der Waals surface area contributed by atoms with Crippen LogP contribution in [0.3, 0.4) is 0 Å². The normalized spacial score (nSPS) is 10.4. The Labute approximate surface area is 118 Å². The van der Waals surface area contributed by atoms with Crippen LogP contribution in [0.15, 0.2) is 35.0 Å². The van der Waals surface area contributed by atoms with Gasteiger partial charge in [0.15, 0.2) is 0 Å². The van der Waals surface area contributed by atoms with Crippen LogP contribution in [0.2, 0.25) is 0 Å². The van der Waals surface area contributed by atoms with Crippen molar-refractivity contribution in [3.05, 3.63) is 46.2 Å². The molecule has 0 fully saturated rings. The van der Waals surface area contributed by atoms with Crippen molar-refractivity contribution in [1.29, 1.82) is 0 Å². The van der Waals surface area contributed by atoms with Gasteiger partial charge in [-0.2, -0.15) is 11.3 Å². The topological polar surface area (TPSA) is 44.5 Å². The quantitative estimate of drug-likeness (QED) is 0.841. The summed E-state index contributed by atoms with van der Waals surface area (Å²) in [6.07, 6.45) is 0.990. The minimum atomic E-state index is 0.465. The maximum absolute atomic E-state index is 5.84. The van der Waals surface area contributed by atoms with E-state index in [1.165, 1.54) is 5.56 Å². The van der Waals surface area contributed by atoms with Gasteiger partial charge in [-0.25, -0.2) is 0 Å². The predicted octanol–water partition coefficient (Wildman–Crippen LogP) is 3.57. The highest BCUT2D eigenvalue weighted by atomic mass is 32.1. The second-order valence-corrected chi connectivity index (χ2v) is 5.02. The Morgan fingerprint density at radius 3 is 2.79 bits per heavy atom. The molecule has 0 spiro atoms. The zero-order valence-corrected chi connectivity index (χ0v) is 11.9. The van der Waals surface area contributed by atoms with E-state index in [9.17, 15) is 0 Å². The van der Waals surface area contributed by atoms with Crippen molar-refractivity contribution in [2.24, 2.45) is 5.73 Å². The molecule has 0 aliphatic carbocycles. The first-order chi connectivity index (χ1) is 9.33. The van der Waals surface area contributed by atoms with Crippen molar-refractivity contribution in [2.45, 2.75) is 26.5 Å². The van der Waals surface area contributed by atoms with E-state index in [2.05, 4.69) is 18.4 Å². The maximum Gasteiger partial charge on any atom is 0.127 e. The fraction of sp³-hybridized carbons (Fsp3) is 0.333. The highest BCUT2D eigenvalue weighted by Gasteiger charge is 2.05. The summed E-state index contributed by atoms with van der Waals surface area (Å²) >= 11 is 1.67. The Hall–Kier alpha value is -1.52. The third kappa shape index (κ3) is 3.98. The van der Waals surface area contributed by atoms with E-state index < -0.39 is 0 Å². The minimum absolute atomic E-state index is 0.465. The van der Waals surface area contributed by atoms with E-state index in [0.717, 1.165) is 23.5 Å². The van der Waals surface area contributed by atoms with E-state index in [-0.39, 0.29) is 0 Å². The molecule has 19 heavy (non-hydrogen) atoms. The molecular weight excluding hydrogens is 258 g/mol. The lowest BCUT2D eigenvalue weighted by atomic mass is 10.2. The minimum Gasteiger partial charge on any atom is -0.493 e. The van der Waals surface area contributed by atoms with Gasteiger partial charge in [0.2, 0.25) is 0 Å². The molecule has 1 heterocycles. The van der Waals surface area contributed by atoms with Crippen molar-refractivity contribution >= 4 is 11.3 Å². The van der Waals surface area contributed by atoms with E-state index in [1.807, 2.05) is 23.6 Å². The predicted molar refractivity (Wildman–Crippen MR) is 78.8 cm³/mol. The molecule has 0 unspecified atom stereocenters. The molecule has 0 radical (unpaired) electrons. The molecule has 0 atom stereocenters. The lowest BCUT2D eigenvalue weighted by molar-refractivity contribution is 0.292. The largest absolute Gasteiger partial charge is 0.493 e. The lowest BCUT2D eigenvalue weighted by Crippen LogP contribution is -2.03. The first-order valence-corrected chi connectivity index (χ1v) is 7.37. The smallest absolute Gasteiger partial charge is 0.127 e. The highest BCUT2D eigenvalue weighted by molar-refractivity contribution is 7.07. The number of ether oxygens (including phenoxy) is 2. The van der Waals surface area contributed by atoms with E-state index in [1.54, 1.807) is 11.3 Å². The summed E-state index contributed by atoms with van der Waals surface area (Å²) in [5, 5.41) is 4.13. The number of hydrogen-bond donors (Lipinski definition) is 1. The Morgan fingerprint density at radius 2 is 2.11 bits per heavy atom. The molecule has 0 saturated carbocycles. The lowest BCUT2D eigenvalue weighted by Gasteiger charge is -2.12. The van der Waals surface area contributed by atoms with Crippen LogP contribution in [-0.4, -0.2) is 6.61 Å². The Balaban J connectivity index is 2.07. The van der Waals surface area contributed by atoms with E-state index in [4.69, 9.17) is 15.2 Å². The molecule has 0 bridgehead atoms. The first-order valence-electron chi connectivity index (χ1n) is 6.43. The molecule has 0 saturated heterocycles. The van der Waals surface area contributed by atoms with Gasteiger partial charge >= 0.3 is 0 Å². The third-order valence-corrected chi connectivity index (χ3v) is 3.44. The summed E-state index contributed by atoms with van der Waals surface area (Å²) in [6, 6.07) is 7.89. The van der Waals surface area contributed by atoms with Gasteiger partial charge in [0.25, 0.3) is 0 Å². The summed E-state index contributed by atoms with van der Waals surface area (Å²) < 4.78 is 11.5. The number of rotatable bonds is 7. The zero-order valence-electron chi connectivity index (χ0n) is 11.1. The molecule has 4 heteroatoms. The molecule has 2 rings (SSSR count). The fourth-order valence-electron chi connectivity index (χ4n) is 1.68. The van der Waals surface area contributed by atoms with E-state index in [0.29, 0.717) is 19.8 Å². The van der Waals surface area contributed by atoms with Crippen LogP contribution in [0.5, 0.6) is 11.5 Å². The van der Waals surface area contributed by atoms with Crippen molar-refractivity contribution in [2.75, 3.05) is 6.61 Å². The van der Waals surface area contributed by atoms with Gasteiger partial charge in [-0.15, -0.1) is 0 Å². The molecule has 102 valence electrons. The average Bonchev–Trinajstić information content (AvgIpc) is 2.96. The average molecular weight is 277 g/mol. The fourth-order valence-corrected chi connectivity index (χ4v) is 2.34. The molecular formula is C15H19NO2S. The zero-order chi connectivity index (χ0) is 13.5. The van der Waals surface area contributed by atoms with Crippen LogP contribution >= 0.6 is 11.3 Å². The second-order valence-electron chi connectivity index (χ2n) is 4.24. The summed E-state index contributed by atoms with van der Waals surface area (Å²) in [5.41, 5.74) is 7.90. The standard InChI is InChI=1S/C15H19NO2S/c1-2-6-17-14-4-3-13(9-16)15(8-14)18-10-12-5-7-19-11-12/h3-5,7-8,11H,2,6,9-10,16H2,1H3. The maximum atomic E-state index is 5.84. The van der Waals surface area contributed by atoms with Gasteiger partial charge in [-0.05, 0) is 34.9 Å². The number of thiophene rings is 1. The summed E-state index contributed by atoms with van der Waals surface area (Å²) in [5.74, 6) is 1.64. The molecule has 0 aliphatic heterocycles. The SMILES string of the molecule is CCCOc1ccc(CN)c(OCc2ccsc2)c1. The van der Waals surface area contributed by atoms with Crippen molar-refractivity contribution in [1.82, 2.24) is 0 Å². The van der Waals surface area contributed by atoms with Crippen LogP contribution in [0, 0.1) is 0 Å². The molecule has 3 nitrogen and oxygen atoms in total. The van der Waals surface area contributed by atoms with Crippen LogP contribution < -0.4 is 15.2 Å². The van der Waals surface area contributed by atoms with Gasteiger partial charge in [-0.3, -0.25) is 0 Å². The molecule has 0 aliphatic rings. The van der Waals surface area contributed by atoms with Crippen LogP contribution in [0.1, 0.15) is 24.5 Å². The highest BCUT2D eigenvalue weighted by Crippen LogP contribution is 2.26. The van der Waals surface area contributed by atoms with Gasteiger partial charge in [0, 0.05) is 18.2 Å². The summed E-state index contributed by atoms with van der Waals surface area (Å²) in [7, 11) is 0. The number of benzene rings is 1. The van der Waals surface area contributed by atoms with Crippen LogP contribution in [0.25, 0.3) is 0 Å².